The lowest BCUT2D eigenvalue weighted by Crippen LogP contribution is -2.44. The molecule has 0 radical (unpaired) electrons. The van der Waals surface area contributed by atoms with Gasteiger partial charge in [-0.1, -0.05) is 20.8 Å². The van der Waals surface area contributed by atoms with Gasteiger partial charge >= 0.3 is 0 Å². The van der Waals surface area contributed by atoms with Crippen LogP contribution in [0.5, 0.6) is 0 Å². The lowest BCUT2D eigenvalue weighted by atomic mass is 9.70. The summed E-state index contributed by atoms with van der Waals surface area (Å²) in [4.78, 5) is 0. The second-order valence-electron chi connectivity index (χ2n) is 5.31. The van der Waals surface area contributed by atoms with Crippen LogP contribution in [-0.4, -0.2) is 19.3 Å². The number of rotatable bonds is 1. The van der Waals surface area contributed by atoms with E-state index in [1.165, 1.54) is 6.42 Å². The van der Waals surface area contributed by atoms with Crippen LogP contribution in [0.3, 0.4) is 0 Å². The van der Waals surface area contributed by atoms with Crippen LogP contribution >= 0.6 is 0 Å². The van der Waals surface area contributed by atoms with E-state index in [0.29, 0.717) is 5.41 Å². The molecule has 2 N–H and O–H groups in total. The molecule has 0 aromatic carbocycles. The average Bonchev–Trinajstić information content (AvgIpc) is 2.03. The van der Waals surface area contributed by atoms with Crippen LogP contribution in [0.25, 0.3) is 0 Å². The third-order valence-corrected chi connectivity index (χ3v) is 3.37. The molecule has 0 heterocycles. The molecular formula is C11H23NO. The van der Waals surface area contributed by atoms with Gasteiger partial charge in [0.25, 0.3) is 0 Å². The second kappa shape index (κ2) is 3.97. The van der Waals surface area contributed by atoms with E-state index in [1.54, 1.807) is 7.11 Å². The van der Waals surface area contributed by atoms with Gasteiger partial charge in [0.05, 0.1) is 6.10 Å². The van der Waals surface area contributed by atoms with Crippen molar-refractivity contribution in [3.05, 3.63) is 0 Å². The summed E-state index contributed by atoms with van der Waals surface area (Å²) in [7, 11) is 1.77. The van der Waals surface area contributed by atoms with Crippen molar-refractivity contribution in [2.24, 2.45) is 17.1 Å². The summed E-state index contributed by atoms with van der Waals surface area (Å²) in [6.07, 6.45) is 3.77. The molecule has 1 saturated carbocycles. The van der Waals surface area contributed by atoms with Gasteiger partial charge in [0.15, 0.2) is 0 Å². The molecule has 1 fully saturated rings. The van der Waals surface area contributed by atoms with E-state index in [2.05, 4.69) is 20.8 Å². The maximum absolute atomic E-state index is 5.97. The molecule has 1 aliphatic carbocycles. The lowest BCUT2D eigenvalue weighted by molar-refractivity contribution is 0.00927. The van der Waals surface area contributed by atoms with Crippen molar-refractivity contribution in [1.29, 1.82) is 0 Å². The summed E-state index contributed by atoms with van der Waals surface area (Å²) in [6.45, 7) is 6.92. The summed E-state index contributed by atoms with van der Waals surface area (Å²) in [6, 6.07) is 0.253. The molecule has 0 aromatic rings. The quantitative estimate of drug-likeness (QED) is 0.679. The Morgan fingerprint density at radius 2 is 1.85 bits per heavy atom. The summed E-state index contributed by atoms with van der Waals surface area (Å²) < 4.78 is 5.40. The molecular weight excluding hydrogens is 162 g/mol. The second-order valence-corrected chi connectivity index (χ2v) is 5.31. The van der Waals surface area contributed by atoms with Gasteiger partial charge in [-0.2, -0.15) is 0 Å². The zero-order valence-corrected chi connectivity index (χ0v) is 9.34. The monoisotopic (exact) mass is 185 g/mol. The Morgan fingerprint density at radius 1 is 1.23 bits per heavy atom. The molecule has 1 rings (SSSR count). The highest BCUT2D eigenvalue weighted by molar-refractivity contribution is 4.87. The van der Waals surface area contributed by atoms with E-state index < -0.39 is 0 Å². The standard InChI is InChI=1S/C11H23NO/c1-11(2,3)8-5-6-9(12)10(7-8)13-4/h8-10H,5-7,12H2,1-4H3. The van der Waals surface area contributed by atoms with Crippen LogP contribution in [0, 0.1) is 11.3 Å². The molecule has 2 heteroatoms. The predicted octanol–water partition coefficient (Wildman–Crippen LogP) is 2.17. The minimum absolute atomic E-state index is 0.253. The maximum atomic E-state index is 5.97. The molecule has 0 aromatic heterocycles. The van der Waals surface area contributed by atoms with Crippen LogP contribution in [0.15, 0.2) is 0 Å². The van der Waals surface area contributed by atoms with Crippen molar-refractivity contribution >= 4 is 0 Å². The van der Waals surface area contributed by atoms with Gasteiger partial charge in [-0.05, 0) is 30.6 Å². The van der Waals surface area contributed by atoms with Crippen LogP contribution < -0.4 is 5.73 Å². The molecule has 0 aliphatic heterocycles. The third-order valence-electron chi connectivity index (χ3n) is 3.37. The number of methoxy groups -OCH3 is 1. The maximum Gasteiger partial charge on any atom is 0.0725 e. The largest absolute Gasteiger partial charge is 0.380 e. The molecule has 78 valence electrons. The summed E-state index contributed by atoms with van der Waals surface area (Å²) >= 11 is 0. The van der Waals surface area contributed by atoms with Gasteiger partial charge in [0.2, 0.25) is 0 Å². The molecule has 3 atom stereocenters. The van der Waals surface area contributed by atoms with Crippen LogP contribution in [0.1, 0.15) is 40.0 Å². The Kier molecular flexibility index (Phi) is 3.36. The normalized spacial score (nSPS) is 36.2. The first kappa shape index (κ1) is 11.0. The molecule has 3 unspecified atom stereocenters. The van der Waals surface area contributed by atoms with E-state index in [0.717, 1.165) is 18.8 Å². The van der Waals surface area contributed by atoms with Crippen molar-refractivity contribution in [3.8, 4) is 0 Å². The van der Waals surface area contributed by atoms with Gasteiger partial charge in [0, 0.05) is 13.2 Å². The van der Waals surface area contributed by atoms with Crippen molar-refractivity contribution in [2.45, 2.75) is 52.2 Å². The lowest BCUT2D eigenvalue weighted by Gasteiger charge is -2.39. The highest BCUT2D eigenvalue weighted by atomic mass is 16.5. The van der Waals surface area contributed by atoms with Crippen molar-refractivity contribution in [3.63, 3.8) is 0 Å². The first-order chi connectivity index (χ1) is 5.95. The van der Waals surface area contributed by atoms with Crippen LogP contribution in [-0.2, 0) is 4.74 Å². The van der Waals surface area contributed by atoms with Gasteiger partial charge < -0.3 is 10.5 Å². The van der Waals surface area contributed by atoms with Gasteiger partial charge in [0.1, 0.15) is 0 Å². The number of ether oxygens (including phenoxy) is 1. The number of hydrogen-bond acceptors (Lipinski definition) is 2. The highest BCUT2D eigenvalue weighted by Crippen LogP contribution is 2.38. The van der Waals surface area contributed by atoms with Crippen LogP contribution in [0.4, 0.5) is 0 Å². The third kappa shape index (κ3) is 2.68. The Labute approximate surface area is 81.8 Å². The zero-order valence-electron chi connectivity index (χ0n) is 9.34. The van der Waals surface area contributed by atoms with E-state index in [4.69, 9.17) is 10.5 Å². The van der Waals surface area contributed by atoms with E-state index in [-0.39, 0.29) is 12.1 Å². The average molecular weight is 185 g/mol. The van der Waals surface area contributed by atoms with Gasteiger partial charge in [-0.25, -0.2) is 0 Å². The van der Waals surface area contributed by atoms with Gasteiger partial charge in [-0.15, -0.1) is 0 Å². The number of hydrogen-bond donors (Lipinski definition) is 1. The molecule has 0 amide bonds. The SMILES string of the molecule is COC1CC(C(C)(C)C)CCC1N. The fraction of sp³-hybridized carbons (Fsp3) is 1.00. The Balaban J connectivity index is 2.55. The van der Waals surface area contributed by atoms with Crippen molar-refractivity contribution in [2.75, 3.05) is 7.11 Å². The molecule has 0 saturated heterocycles. The molecule has 0 spiro atoms. The fourth-order valence-corrected chi connectivity index (χ4v) is 2.21. The minimum atomic E-state index is 0.253. The zero-order chi connectivity index (χ0) is 10.1. The van der Waals surface area contributed by atoms with Crippen molar-refractivity contribution in [1.82, 2.24) is 0 Å². The summed E-state index contributed by atoms with van der Waals surface area (Å²) in [5, 5.41) is 0. The highest BCUT2D eigenvalue weighted by Gasteiger charge is 2.34. The first-order valence-electron chi connectivity index (χ1n) is 5.23. The Bertz CT molecular complexity index is 162. The molecule has 0 bridgehead atoms. The molecule has 13 heavy (non-hydrogen) atoms. The first-order valence-corrected chi connectivity index (χ1v) is 5.23. The van der Waals surface area contributed by atoms with E-state index in [1.807, 2.05) is 0 Å². The molecule has 1 aliphatic rings. The summed E-state index contributed by atoms with van der Waals surface area (Å²) in [5.41, 5.74) is 6.37. The Hall–Kier alpha value is -0.0800. The molecule has 2 nitrogen and oxygen atoms in total. The summed E-state index contributed by atoms with van der Waals surface area (Å²) in [5.74, 6) is 0.761. The van der Waals surface area contributed by atoms with E-state index >= 15 is 0 Å². The number of nitrogens with two attached hydrogens (primary N) is 1. The smallest absolute Gasteiger partial charge is 0.0725 e. The topological polar surface area (TPSA) is 35.2 Å². The van der Waals surface area contributed by atoms with Crippen LogP contribution in [0.2, 0.25) is 0 Å². The van der Waals surface area contributed by atoms with Crippen molar-refractivity contribution < 1.29 is 4.74 Å². The fourth-order valence-electron chi connectivity index (χ4n) is 2.21. The Morgan fingerprint density at radius 3 is 2.31 bits per heavy atom. The minimum Gasteiger partial charge on any atom is -0.380 e. The predicted molar refractivity (Wildman–Crippen MR) is 55.6 cm³/mol. The van der Waals surface area contributed by atoms with Gasteiger partial charge in [-0.3, -0.25) is 0 Å². The van der Waals surface area contributed by atoms with E-state index in [9.17, 15) is 0 Å².